The monoisotopic (exact) mass is 453 g/mol. The summed E-state index contributed by atoms with van der Waals surface area (Å²) >= 11 is 0. The molecule has 1 heterocycles. The Morgan fingerprint density at radius 1 is 0.939 bits per heavy atom. The third-order valence-corrected chi connectivity index (χ3v) is 8.50. The average molecular weight is 454 g/mol. The van der Waals surface area contributed by atoms with Crippen molar-refractivity contribution < 1.29 is 19.5 Å². The zero-order chi connectivity index (χ0) is 23.0. The number of carbonyl (C=O) groups is 3. The topological polar surface area (TPSA) is 90.0 Å². The molecule has 0 aromatic heterocycles. The zero-order valence-corrected chi connectivity index (χ0v) is 19.3. The van der Waals surface area contributed by atoms with Crippen LogP contribution in [0.1, 0.15) is 60.9 Å². The first-order valence-corrected chi connectivity index (χ1v) is 12.5. The van der Waals surface area contributed by atoms with Gasteiger partial charge in [0, 0.05) is 39.1 Å². The molecule has 4 saturated carbocycles. The van der Waals surface area contributed by atoms with Crippen molar-refractivity contribution >= 4 is 17.8 Å². The Hall–Kier alpha value is -2.41. The Kier molecular flexibility index (Phi) is 6.16. The van der Waals surface area contributed by atoms with Crippen LogP contribution in [0, 0.1) is 23.2 Å². The maximum atomic E-state index is 12.7. The number of benzene rings is 1. The molecule has 4 bridgehead atoms. The molecule has 6 rings (SSSR count). The molecule has 1 aromatic rings. The summed E-state index contributed by atoms with van der Waals surface area (Å²) in [4.78, 5) is 40.8. The molecule has 7 heteroatoms. The lowest BCUT2D eigenvalue weighted by Gasteiger charge is -2.56. The highest BCUT2D eigenvalue weighted by Gasteiger charge is 2.51. The van der Waals surface area contributed by atoms with Crippen molar-refractivity contribution in [1.29, 1.82) is 0 Å². The van der Waals surface area contributed by atoms with Crippen LogP contribution in [0.3, 0.4) is 0 Å². The smallest absolute Gasteiger partial charge is 0.336 e. The summed E-state index contributed by atoms with van der Waals surface area (Å²) in [5.41, 5.74) is 1.32. The second kappa shape index (κ2) is 9.09. The van der Waals surface area contributed by atoms with E-state index in [1.54, 1.807) is 12.1 Å². The second-order valence-corrected chi connectivity index (χ2v) is 11.0. The highest BCUT2D eigenvalue weighted by molar-refractivity contribution is 5.89. The van der Waals surface area contributed by atoms with Crippen LogP contribution in [0.25, 0.3) is 0 Å². The first kappa shape index (κ1) is 22.4. The lowest BCUT2D eigenvalue weighted by atomic mass is 9.49. The zero-order valence-electron chi connectivity index (χ0n) is 19.3. The van der Waals surface area contributed by atoms with Crippen molar-refractivity contribution in [3.63, 3.8) is 0 Å². The molecule has 1 saturated heterocycles. The molecule has 0 radical (unpaired) electrons. The largest absolute Gasteiger partial charge is 0.478 e. The molecular weight excluding hydrogens is 418 g/mol. The molecule has 4 aliphatic carbocycles. The van der Waals surface area contributed by atoms with E-state index in [4.69, 9.17) is 0 Å². The summed E-state index contributed by atoms with van der Waals surface area (Å²) in [6.07, 6.45) is 8.29. The number of hydrogen-bond acceptors (Lipinski definition) is 4. The average Bonchev–Trinajstić information content (AvgIpc) is 2.77. The summed E-state index contributed by atoms with van der Waals surface area (Å²) in [6.45, 7) is 3.22. The van der Waals surface area contributed by atoms with E-state index in [-0.39, 0.29) is 23.8 Å². The van der Waals surface area contributed by atoms with Gasteiger partial charge in [0.25, 0.3) is 0 Å². The number of aromatic carboxylic acids is 1. The first-order chi connectivity index (χ1) is 15.9. The molecule has 0 atom stereocenters. The van der Waals surface area contributed by atoms with Gasteiger partial charge in [0.2, 0.25) is 11.8 Å². The van der Waals surface area contributed by atoms with Crippen LogP contribution in [0.5, 0.6) is 0 Å². The van der Waals surface area contributed by atoms with Gasteiger partial charge >= 0.3 is 5.97 Å². The van der Waals surface area contributed by atoms with Gasteiger partial charge in [0.15, 0.2) is 0 Å². The summed E-state index contributed by atoms with van der Waals surface area (Å²) in [6, 6.07) is 7.07. The van der Waals surface area contributed by atoms with Gasteiger partial charge < -0.3 is 15.3 Å². The molecule has 5 aliphatic rings. The fourth-order valence-electron chi connectivity index (χ4n) is 7.46. The Balaban J connectivity index is 1.06. The van der Waals surface area contributed by atoms with E-state index in [0.29, 0.717) is 44.7 Å². The SMILES string of the molecule is O=C(CC12CC3CC(CC(C3)C1)C2)NCC(=O)N1CCN(Cc2ccccc2C(=O)O)CC1. The number of carbonyl (C=O) groups excluding carboxylic acids is 2. The Morgan fingerprint density at radius 3 is 2.15 bits per heavy atom. The standard InChI is InChI=1S/C26H35N3O4/c30-23(15-26-12-18-9-19(13-26)11-20(10-18)14-26)27-16-24(31)29-7-5-28(6-8-29)17-21-3-1-2-4-22(21)25(32)33/h1-4,18-20H,5-17H2,(H,27,30)(H,32,33). The predicted molar refractivity (Wildman–Crippen MR) is 123 cm³/mol. The van der Waals surface area contributed by atoms with Crippen LogP contribution in [-0.2, 0) is 16.1 Å². The van der Waals surface area contributed by atoms with Gasteiger partial charge in [-0.15, -0.1) is 0 Å². The van der Waals surface area contributed by atoms with Crippen molar-refractivity contribution in [3.05, 3.63) is 35.4 Å². The number of carboxylic acids is 1. The van der Waals surface area contributed by atoms with Crippen molar-refractivity contribution in [2.75, 3.05) is 32.7 Å². The van der Waals surface area contributed by atoms with Crippen molar-refractivity contribution in [1.82, 2.24) is 15.1 Å². The predicted octanol–water partition coefficient (Wildman–Crippen LogP) is 2.75. The van der Waals surface area contributed by atoms with E-state index >= 15 is 0 Å². The quantitative estimate of drug-likeness (QED) is 0.663. The number of nitrogens with one attached hydrogen (secondary N) is 1. The first-order valence-electron chi connectivity index (χ1n) is 12.5. The van der Waals surface area contributed by atoms with E-state index in [1.807, 2.05) is 17.0 Å². The summed E-state index contributed by atoms with van der Waals surface area (Å²) < 4.78 is 0. The van der Waals surface area contributed by atoms with E-state index in [1.165, 1.54) is 38.5 Å². The lowest BCUT2D eigenvalue weighted by molar-refractivity contribution is -0.136. The van der Waals surface area contributed by atoms with Gasteiger partial charge in [0.05, 0.1) is 12.1 Å². The molecule has 33 heavy (non-hydrogen) atoms. The fraction of sp³-hybridized carbons (Fsp3) is 0.654. The molecule has 0 spiro atoms. The normalized spacial score (nSPS) is 30.9. The number of rotatable bonds is 7. The minimum Gasteiger partial charge on any atom is -0.478 e. The molecule has 2 N–H and O–H groups in total. The highest BCUT2D eigenvalue weighted by Crippen LogP contribution is 2.61. The third kappa shape index (κ3) is 4.93. The van der Waals surface area contributed by atoms with Gasteiger partial charge in [0.1, 0.15) is 0 Å². The van der Waals surface area contributed by atoms with Crippen LogP contribution in [0.2, 0.25) is 0 Å². The second-order valence-electron chi connectivity index (χ2n) is 11.0. The van der Waals surface area contributed by atoms with E-state index in [2.05, 4.69) is 10.2 Å². The van der Waals surface area contributed by atoms with Crippen molar-refractivity contribution in [2.24, 2.45) is 23.2 Å². The van der Waals surface area contributed by atoms with Gasteiger partial charge in [-0.3, -0.25) is 14.5 Å². The molecule has 7 nitrogen and oxygen atoms in total. The number of hydrogen-bond donors (Lipinski definition) is 2. The number of carboxylic acid groups (broad SMARTS) is 1. The maximum absolute atomic E-state index is 12.7. The molecular formula is C26H35N3O4. The number of amides is 2. The number of nitrogens with zero attached hydrogens (tertiary/aromatic N) is 2. The van der Waals surface area contributed by atoms with Gasteiger partial charge in [-0.2, -0.15) is 0 Å². The minimum atomic E-state index is -0.913. The van der Waals surface area contributed by atoms with E-state index in [9.17, 15) is 19.5 Å². The Morgan fingerprint density at radius 2 is 1.55 bits per heavy atom. The van der Waals surface area contributed by atoms with E-state index in [0.717, 1.165) is 23.3 Å². The molecule has 1 aliphatic heterocycles. The molecule has 1 aromatic carbocycles. The van der Waals surface area contributed by atoms with Crippen LogP contribution in [0.4, 0.5) is 0 Å². The van der Waals surface area contributed by atoms with Crippen molar-refractivity contribution in [3.8, 4) is 0 Å². The van der Waals surface area contributed by atoms with Crippen LogP contribution < -0.4 is 5.32 Å². The van der Waals surface area contributed by atoms with Gasteiger partial charge in [-0.1, -0.05) is 18.2 Å². The fourth-order valence-corrected chi connectivity index (χ4v) is 7.46. The molecule has 5 fully saturated rings. The maximum Gasteiger partial charge on any atom is 0.336 e. The Labute approximate surface area is 195 Å². The van der Waals surface area contributed by atoms with Gasteiger partial charge in [-0.25, -0.2) is 4.79 Å². The molecule has 178 valence electrons. The number of piperazine rings is 1. The highest BCUT2D eigenvalue weighted by atomic mass is 16.4. The third-order valence-electron chi connectivity index (χ3n) is 8.50. The summed E-state index contributed by atoms with van der Waals surface area (Å²) in [7, 11) is 0. The van der Waals surface area contributed by atoms with Crippen LogP contribution in [0.15, 0.2) is 24.3 Å². The molecule has 0 unspecified atom stereocenters. The minimum absolute atomic E-state index is 0.0283. The summed E-state index contributed by atoms with van der Waals surface area (Å²) in [5, 5.41) is 12.3. The Bertz CT molecular complexity index is 887. The van der Waals surface area contributed by atoms with E-state index < -0.39 is 5.97 Å². The molecule has 2 amide bonds. The van der Waals surface area contributed by atoms with Crippen LogP contribution in [-0.4, -0.2) is 65.4 Å². The van der Waals surface area contributed by atoms with Gasteiger partial charge in [-0.05, 0) is 73.3 Å². The lowest BCUT2D eigenvalue weighted by Crippen LogP contribution is -2.51. The summed E-state index contributed by atoms with van der Waals surface area (Å²) in [5.74, 6) is 1.57. The van der Waals surface area contributed by atoms with Crippen LogP contribution >= 0.6 is 0 Å². The van der Waals surface area contributed by atoms with Crippen molar-refractivity contribution in [2.45, 2.75) is 51.5 Å².